The number of rotatable bonds is 10. The van der Waals surface area contributed by atoms with Gasteiger partial charge >= 0.3 is 6.09 Å². The van der Waals surface area contributed by atoms with E-state index in [1.165, 1.54) is 0 Å². The summed E-state index contributed by atoms with van der Waals surface area (Å²) in [5.41, 5.74) is 2.60. The Balaban J connectivity index is 1.10. The Morgan fingerprint density at radius 1 is 0.979 bits per heavy atom. The van der Waals surface area contributed by atoms with E-state index in [2.05, 4.69) is 31.4 Å². The molecule has 2 aromatic heterocycles. The number of anilines is 1. The summed E-state index contributed by atoms with van der Waals surface area (Å²) >= 11 is 12.7. The quantitative estimate of drug-likeness (QED) is 0.254. The van der Waals surface area contributed by atoms with Gasteiger partial charge in [0.25, 0.3) is 0 Å². The zero-order valence-corrected chi connectivity index (χ0v) is 28.0. The summed E-state index contributed by atoms with van der Waals surface area (Å²) in [5.74, 6) is 2.47. The van der Waals surface area contributed by atoms with Crippen LogP contribution in [0.25, 0.3) is 11.3 Å². The number of pyridine rings is 2. The minimum atomic E-state index is -0.945. The van der Waals surface area contributed by atoms with Crippen molar-refractivity contribution in [1.29, 1.82) is 0 Å². The molecule has 3 aromatic rings. The van der Waals surface area contributed by atoms with Crippen molar-refractivity contribution in [1.82, 2.24) is 30.4 Å². The molecule has 3 N–H and O–H groups in total. The number of likely N-dealkylation sites (tertiary alicyclic amines) is 1. The van der Waals surface area contributed by atoms with E-state index in [0.29, 0.717) is 33.6 Å². The predicted octanol–water partition coefficient (Wildman–Crippen LogP) is 5.51. The van der Waals surface area contributed by atoms with Gasteiger partial charge in [0, 0.05) is 80.0 Å². The fourth-order valence-electron chi connectivity index (χ4n) is 6.68. The van der Waals surface area contributed by atoms with Crippen LogP contribution >= 0.6 is 23.2 Å². The second-order valence-corrected chi connectivity index (χ2v) is 13.6. The summed E-state index contributed by atoms with van der Waals surface area (Å²) in [6.07, 6.45) is 4.60. The Morgan fingerprint density at radius 2 is 1.70 bits per heavy atom. The molecule has 0 atom stereocenters. The van der Waals surface area contributed by atoms with Crippen molar-refractivity contribution in [3.05, 3.63) is 64.3 Å². The van der Waals surface area contributed by atoms with Crippen molar-refractivity contribution in [2.24, 2.45) is 5.92 Å². The number of hydrogen-bond acceptors (Lipinski definition) is 8. The van der Waals surface area contributed by atoms with Crippen LogP contribution in [-0.2, 0) is 11.3 Å². The second kappa shape index (κ2) is 15.1. The second-order valence-electron chi connectivity index (χ2n) is 12.8. The number of ether oxygens (including phenoxy) is 1. The monoisotopic (exact) mass is 681 g/mol. The van der Waals surface area contributed by atoms with Crippen molar-refractivity contribution in [3.63, 3.8) is 0 Å². The molecule has 2 aliphatic heterocycles. The first-order valence-electron chi connectivity index (χ1n) is 16.2. The van der Waals surface area contributed by atoms with Crippen LogP contribution in [0.5, 0.6) is 11.6 Å². The summed E-state index contributed by atoms with van der Waals surface area (Å²) in [6, 6.07) is 13.9. The van der Waals surface area contributed by atoms with E-state index in [9.17, 15) is 9.59 Å². The van der Waals surface area contributed by atoms with Crippen molar-refractivity contribution >= 4 is 41.0 Å². The summed E-state index contributed by atoms with van der Waals surface area (Å²) in [4.78, 5) is 38.9. The molecule has 11 nitrogen and oxygen atoms in total. The molecule has 3 aliphatic rings. The van der Waals surface area contributed by atoms with Crippen molar-refractivity contribution in [2.75, 3.05) is 50.7 Å². The van der Waals surface area contributed by atoms with Gasteiger partial charge in [0.05, 0.1) is 11.9 Å². The molecule has 1 aromatic carbocycles. The predicted molar refractivity (Wildman–Crippen MR) is 182 cm³/mol. The molecular weight excluding hydrogens is 641 g/mol. The highest BCUT2D eigenvalue weighted by Gasteiger charge is 2.36. The van der Waals surface area contributed by atoms with Crippen LogP contribution in [0.2, 0.25) is 10.0 Å². The van der Waals surface area contributed by atoms with Gasteiger partial charge in [-0.3, -0.25) is 14.6 Å². The number of aromatic nitrogens is 2. The highest BCUT2D eigenvalue weighted by molar-refractivity contribution is 6.35. The van der Waals surface area contributed by atoms with Crippen LogP contribution in [0, 0.1) is 5.92 Å². The topological polar surface area (TPSA) is 123 Å². The molecule has 1 aliphatic carbocycles. The number of piperidine rings is 1. The van der Waals surface area contributed by atoms with E-state index < -0.39 is 6.09 Å². The molecule has 2 saturated heterocycles. The van der Waals surface area contributed by atoms with Gasteiger partial charge in [-0.05, 0) is 86.7 Å². The Kier molecular flexibility index (Phi) is 10.7. The zero-order chi connectivity index (χ0) is 32.9. The third kappa shape index (κ3) is 9.04. The molecular formula is C34H41Cl2N7O4. The van der Waals surface area contributed by atoms with Gasteiger partial charge < -0.3 is 25.4 Å². The van der Waals surface area contributed by atoms with Crippen LogP contribution in [0.4, 0.5) is 10.6 Å². The zero-order valence-electron chi connectivity index (χ0n) is 26.5. The SMILES string of the molecule is CC(=O)NCC1CCN(Cc2cc(Oc3ccc(N4CCN(C5CC(NC(=O)O)C5)CC4)nc3)nc(-c3cc(Cl)cc(Cl)c3)c2)CC1. The molecule has 13 heteroatoms. The van der Waals surface area contributed by atoms with E-state index >= 15 is 0 Å². The lowest BCUT2D eigenvalue weighted by Gasteiger charge is -2.46. The number of carboxylic acid groups (broad SMARTS) is 1. The molecule has 0 radical (unpaired) electrons. The van der Waals surface area contributed by atoms with Crippen molar-refractivity contribution in [3.8, 4) is 22.9 Å². The highest BCUT2D eigenvalue weighted by atomic mass is 35.5. The van der Waals surface area contributed by atoms with Crippen LogP contribution < -0.4 is 20.3 Å². The molecule has 47 heavy (non-hydrogen) atoms. The minimum Gasteiger partial charge on any atom is -0.465 e. The smallest absolute Gasteiger partial charge is 0.404 e. The van der Waals surface area contributed by atoms with E-state index in [1.54, 1.807) is 19.2 Å². The molecule has 6 rings (SSSR count). The molecule has 0 bridgehead atoms. The minimum absolute atomic E-state index is 0.0191. The van der Waals surface area contributed by atoms with Crippen LogP contribution in [-0.4, -0.2) is 94.8 Å². The average Bonchev–Trinajstić information content (AvgIpc) is 3.02. The average molecular weight is 683 g/mol. The van der Waals surface area contributed by atoms with Gasteiger partial charge in [0.2, 0.25) is 11.8 Å². The maximum Gasteiger partial charge on any atom is 0.404 e. The summed E-state index contributed by atoms with van der Waals surface area (Å²) < 4.78 is 6.28. The number of amides is 2. The lowest BCUT2D eigenvalue weighted by atomic mass is 9.85. The summed E-state index contributed by atoms with van der Waals surface area (Å²) in [6.45, 7) is 8.50. The van der Waals surface area contributed by atoms with Gasteiger partial charge in [-0.1, -0.05) is 23.2 Å². The van der Waals surface area contributed by atoms with Crippen LogP contribution in [0.1, 0.15) is 38.2 Å². The molecule has 0 unspecified atom stereocenters. The van der Waals surface area contributed by atoms with Gasteiger partial charge in [-0.15, -0.1) is 0 Å². The standard InChI is InChI=1S/C34H41Cl2N7O4/c1-22(44)37-19-23-4-6-41(7-5-23)21-24-12-31(25-14-26(35)16-27(36)15-25)40-33(13-24)47-30-2-3-32(38-20-30)43-10-8-42(9-11-43)29-17-28(18-29)39-34(45)46/h2-3,12-16,20,23,28-29,39H,4-11,17-19,21H2,1H3,(H,37,44)(H,45,46). The third-order valence-electron chi connectivity index (χ3n) is 9.31. The van der Waals surface area contributed by atoms with E-state index in [-0.39, 0.29) is 11.9 Å². The largest absolute Gasteiger partial charge is 0.465 e. The summed E-state index contributed by atoms with van der Waals surface area (Å²) in [7, 11) is 0. The van der Waals surface area contributed by atoms with E-state index in [4.69, 9.17) is 43.0 Å². The summed E-state index contributed by atoms with van der Waals surface area (Å²) in [5, 5.41) is 15.5. The number of piperazine rings is 1. The fourth-order valence-corrected chi connectivity index (χ4v) is 7.21. The Morgan fingerprint density at radius 3 is 2.34 bits per heavy atom. The number of nitrogens with zero attached hydrogens (tertiary/aromatic N) is 5. The number of halogens is 2. The van der Waals surface area contributed by atoms with Gasteiger partial charge in [0.1, 0.15) is 11.6 Å². The van der Waals surface area contributed by atoms with Crippen LogP contribution in [0.3, 0.4) is 0 Å². The molecule has 250 valence electrons. The van der Waals surface area contributed by atoms with Crippen LogP contribution in [0.15, 0.2) is 48.7 Å². The van der Waals surface area contributed by atoms with Gasteiger partial charge in [-0.25, -0.2) is 14.8 Å². The number of carbonyl (C=O) groups excluding carboxylic acids is 1. The first kappa shape index (κ1) is 33.3. The number of benzene rings is 1. The maximum absolute atomic E-state index is 11.3. The maximum atomic E-state index is 11.3. The lowest BCUT2D eigenvalue weighted by molar-refractivity contribution is -0.119. The molecule has 4 heterocycles. The van der Waals surface area contributed by atoms with Gasteiger partial charge in [0.15, 0.2) is 0 Å². The first-order chi connectivity index (χ1) is 22.7. The fraction of sp³-hybridized carbons (Fsp3) is 0.471. The first-order valence-corrected chi connectivity index (χ1v) is 17.0. The normalized spacial score (nSPS) is 20.8. The molecule has 3 fully saturated rings. The Labute approximate surface area is 285 Å². The lowest BCUT2D eigenvalue weighted by Crippen LogP contribution is -2.58. The Bertz CT molecular complexity index is 1530. The number of carbonyl (C=O) groups is 2. The number of hydrogen-bond donors (Lipinski definition) is 3. The van der Waals surface area contributed by atoms with E-state index in [1.807, 2.05) is 30.3 Å². The van der Waals surface area contributed by atoms with Gasteiger partial charge in [-0.2, -0.15) is 0 Å². The Hall–Kier alpha value is -3.64. The van der Waals surface area contributed by atoms with Crippen molar-refractivity contribution < 1.29 is 19.4 Å². The molecule has 2 amide bonds. The molecule has 1 saturated carbocycles. The van der Waals surface area contributed by atoms with Crippen molar-refractivity contribution in [2.45, 2.75) is 51.2 Å². The number of nitrogens with one attached hydrogen (secondary N) is 2. The molecule has 0 spiro atoms. The highest BCUT2D eigenvalue weighted by Crippen LogP contribution is 2.32. The third-order valence-corrected chi connectivity index (χ3v) is 9.75. The van der Waals surface area contributed by atoms with E-state index in [0.717, 1.165) is 101 Å².